The summed E-state index contributed by atoms with van der Waals surface area (Å²) in [6, 6.07) is 4.17. The van der Waals surface area contributed by atoms with Crippen LogP contribution in [-0.2, 0) is 16.0 Å². The van der Waals surface area contributed by atoms with Gasteiger partial charge in [0, 0.05) is 42.5 Å². The number of hydrogen-bond donors (Lipinski definition) is 2. The molecule has 1 aliphatic heterocycles. The van der Waals surface area contributed by atoms with Gasteiger partial charge in [0.05, 0.1) is 11.3 Å². The zero-order valence-electron chi connectivity index (χ0n) is 12.1. The molecular formula is C14H15BrN2O6. The Labute approximate surface area is 140 Å². The summed E-state index contributed by atoms with van der Waals surface area (Å²) in [7, 11) is 0. The van der Waals surface area contributed by atoms with Gasteiger partial charge < -0.3 is 15.1 Å². The van der Waals surface area contributed by atoms with Gasteiger partial charge in [0.15, 0.2) is 5.60 Å². The molecule has 0 saturated carbocycles. The summed E-state index contributed by atoms with van der Waals surface area (Å²) in [5, 5.41) is 29.5. The minimum atomic E-state index is -1.77. The Bertz CT molecular complexity index is 655. The highest BCUT2D eigenvalue weighted by Gasteiger charge is 2.40. The minimum absolute atomic E-state index is 0.0183. The number of hydrogen-bond acceptors (Lipinski definition) is 5. The van der Waals surface area contributed by atoms with Gasteiger partial charge in [-0.15, -0.1) is 0 Å². The predicted octanol–water partition coefficient (Wildman–Crippen LogP) is 1.34. The van der Waals surface area contributed by atoms with Crippen molar-refractivity contribution < 1.29 is 24.7 Å². The van der Waals surface area contributed by atoms with Crippen LogP contribution in [0.2, 0.25) is 0 Å². The number of likely N-dealkylation sites (tertiary alicyclic amines) is 1. The number of piperidine rings is 1. The Hall–Kier alpha value is -2.00. The van der Waals surface area contributed by atoms with Gasteiger partial charge in [0.1, 0.15) is 0 Å². The first-order valence-electron chi connectivity index (χ1n) is 6.89. The second-order valence-corrected chi connectivity index (χ2v) is 6.28. The van der Waals surface area contributed by atoms with Gasteiger partial charge in [-0.05, 0) is 5.56 Å². The van der Waals surface area contributed by atoms with Crippen molar-refractivity contribution in [2.24, 2.45) is 0 Å². The number of rotatable bonds is 4. The molecule has 124 valence electrons. The Morgan fingerprint density at radius 1 is 1.35 bits per heavy atom. The van der Waals surface area contributed by atoms with Crippen LogP contribution in [0.4, 0.5) is 5.69 Å². The maximum absolute atomic E-state index is 12.3. The van der Waals surface area contributed by atoms with Gasteiger partial charge in [-0.1, -0.05) is 22.0 Å². The first kappa shape index (κ1) is 17.4. The number of halogens is 1. The lowest BCUT2D eigenvalue weighted by molar-refractivity contribution is -0.384. The lowest BCUT2D eigenvalue weighted by atomic mass is 9.91. The van der Waals surface area contributed by atoms with Gasteiger partial charge in [-0.2, -0.15) is 0 Å². The van der Waals surface area contributed by atoms with Crippen molar-refractivity contribution in [2.75, 3.05) is 13.1 Å². The highest BCUT2D eigenvalue weighted by molar-refractivity contribution is 9.10. The first-order chi connectivity index (χ1) is 10.7. The molecule has 2 rings (SSSR count). The van der Waals surface area contributed by atoms with Crippen LogP contribution in [0.25, 0.3) is 0 Å². The smallest absolute Gasteiger partial charge is 0.335 e. The van der Waals surface area contributed by atoms with Crippen LogP contribution in [0.15, 0.2) is 22.7 Å². The molecular weight excluding hydrogens is 372 g/mol. The maximum Gasteiger partial charge on any atom is 0.335 e. The Balaban J connectivity index is 2.01. The molecule has 8 nitrogen and oxygen atoms in total. The minimum Gasteiger partial charge on any atom is -0.479 e. The molecule has 0 spiro atoms. The van der Waals surface area contributed by atoms with E-state index in [1.54, 1.807) is 0 Å². The van der Waals surface area contributed by atoms with Crippen LogP contribution in [0, 0.1) is 10.1 Å². The third kappa shape index (κ3) is 3.85. The van der Waals surface area contributed by atoms with Crippen molar-refractivity contribution in [1.82, 2.24) is 4.90 Å². The summed E-state index contributed by atoms with van der Waals surface area (Å²) in [4.78, 5) is 34.9. The number of nitrogens with zero attached hydrogens (tertiary/aromatic N) is 2. The van der Waals surface area contributed by atoms with E-state index in [4.69, 9.17) is 5.11 Å². The van der Waals surface area contributed by atoms with E-state index < -0.39 is 16.5 Å². The molecule has 0 radical (unpaired) electrons. The second kappa shape index (κ2) is 6.63. The van der Waals surface area contributed by atoms with Gasteiger partial charge >= 0.3 is 5.97 Å². The number of nitro benzene ring substituents is 1. The van der Waals surface area contributed by atoms with Crippen molar-refractivity contribution in [3.8, 4) is 0 Å². The van der Waals surface area contributed by atoms with E-state index in [0.717, 1.165) is 0 Å². The monoisotopic (exact) mass is 386 g/mol. The lowest BCUT2D eigenvalue weighted by Gasteiger charge is -2.35. The average molecular weight is 387 g/mol. The number of aliphatic carboxylic acids is 1. The van der Waals surface area contributed by atoms with Crippen LogP contribution in [0.3, 0.4) is 0 Å². The van der Waals surface area contributed by atoms with E-state index >= 15 is 0 Å². The SMILES string of the molecule is O=C(Cc1ccc([N+](=O)[O-])cc1Br)N1CCC(O)(C(=O)O)CC1. The molecule has 1 saturated heterocycles. The number of carboxylic acid groups (broad SMARTS) is 1. The Kier molecular flexibility index (Phi) is 5.00. The maximum atomic E-state index is 12.3. The van der Waals surface area contributed by atoms with Gasteiger partial charge in [-0.25, -0.2) is 4.79 Å². The Morgan fingerprint density at radius 3 is 2.43 bits per heavy atom. The fraction of sp³-hybridized carbons (Fsp3) is 0.429. The number of carbonyl (C=O) groups is 2. The van der Waals surface area contributed by atoms with E-state index in [1.807, 2.05) is 0 Å². The average Bonchev–Trinajstić information content (AvgIpc) is 2.49. The second-order valence-electron chi connectivity index (χ2n) is 5.43. The molecule has 1 aromatic rings. The quantitative estimate of drug-likeness (QED) is 0.594. The summed E-state index contributed by atoms with van der Waals surface area (Å²) in [5.74, 6) is -1.49. The molecule has 1 amide bonds. The normalized spacial score (nSPS) is 16.9. The summed E-state index contributed by atoms with van der Waals surface area (Å²) >= 11 is 3.21. The number of non-ortho nitro benzene ring substituents is 1. The molecule has 1 aromatic carbocycles. The zero-order valence-corrected chi connectivity index (χ0v) is 13.7. The fourth-order valence-corrected chi connectivity index (χ4v) is 2.91. The zero-order chi connectivity index (χ0) is 17.2. The van der Waals surface area contributed by atoms with Gasteiger partial charge in [0.25, 0.3) is 5.69 Å². The molecule has 9 heteroatoms. The molecule has 0 aliphatic carbocycles. The van der Waals surface area contributed by atoms with E-state index in [9.17, 15) is 24.8 Å². The van der Waals surface area contributed by atoms with E-state index in [-0.39, 0.29) is 43.9 Å². The van der Waals surface area contributed by atoms with E-state index in [2.05, 4.69) is 15.9 Å². The number of benzene rings is 1. The topological polar surface area (TPSA) is 121 Å². The summed E-state index contributed by atoms with van der Waals surface area (Å²) in [5.41, 5.74) is -1.23. The van der Waals surface area contributed by atoms with Crippen LogP contribution in [-0.4, -0.2) is 50.6 Å². The van der Waals surface area contributed by atoms with Crippen molar-refractivity contribution in [2.45, 2.75) is 24.9 Å². The summed E-state index contributed by atoms with van der Waals surface area (Å²) < 4.78 is 0.471. The highest BCUT2D eigenvalue weighted by Crippen LogP contribution is 2.26. The number of carboxylic acids is 1. The molecule has 2 N–H and O–H groups in total. The van der Waals surface area contributed by atoms with Gasteiger partial charge in [0.2, 0.25) is 5.91 Å². The first-order valence-corrected chi connectivity index (χ1v) is 7.68. The molecule has 1 aliphatic rings. The van der Waals surface area contributed by atoms with Crippen molar-refractivity contribution in [3.05, 3.63) is 38.3 Å². The molecule has 0 unspecified atom stereocenters. The third-order valence-corrected chi connectivity index (χ3v) is 4.67. The molecule has 1 heterocycles. The third-order valence-electron chi connectivity index (χ3n) is 3.93. The number of carbonyl (C=O) groups excluding carboxylic acids is 1. The predicted molar refractivity (Wildman–Crippen MR) is 82.9 cm³/mol. The molecule has 0 aromatic heterocycles. The van der Waals surface area contributed by atoms with Crippen LogP contribution in [0.1, 0.15) is 18.4 Å². The fourth-order valence-electron chi connectivity index (χ4n) is 2.41. The number of nitro groups is 1. The molecule has 23 heavy (non-hydrogen) atoms. The number of aliphatic hydroxyl groups is 1. The lowest BCUT2D eigenvalue weighted by Crippen LogP contribution is -2.51. The summed E-state index contributed by atoms with van der Waals surface area (Å²) in [6.45, 7) is 0.318. The highest BCUT2D eigenvalue weighted by atomic mass is 79.9. The van der Waals surface area contributed by atoms with Crippen molar-refractivity contribution >= 4 is 33.5 Å². The largest absolute Gasteiger partial charge is 0.479 e. The molecule has 0 atom stereocenters. The Morgan fingerprint density at radius 2 is 1.96 bits per heavy atom. The van der Waals surface area contributed by atoms with Crippen LogP contribution in [0.5, 0.6) is 0 Å². The molecule has 0 bridgehead atoms. The van der Waals surface area contributed by atoms with E-state index in [0.29, 0.717) is 10.0 Å². The van der Waals surface area contributed by atoms with Crippen LogP contribution < -0.4 is 0 Å². The molecule has 1 fully saturated rings. The van der Waals surface area contributed by atoms with E-state index in [1.165, 1.54) is 23.1 Å². The van der Waals surface area contributed by atoms with Crippen LogP contribution >= 0.6 is 15.9 Å². The van der Waals surface area contributed by atoms with Crippen molar-refractivity contribution in [1.29, 1.82) is 0 Å². The number of amides is 1. The van der Waals surface area contributed by atoms with Gasteiger partial charge in [-0.3, -0.25) is 14.9 Å². The van der Waals surface area contributed by atoms with Crippen molar-refractivity contribution in [3.63, 3.8) is 0 Å². The standard InChI is InChI=1S/C14H15BrN2O6/c15-11-8-10(17(22)23)2-1-9(11)7-12(18)16-5-3-14(21,4-6-16)13(19)20/h1-2,8,21H,3-7H2,(H,19,20). The summed E-state index contributed by atoms with van der Waals surface area (Å²) in [6.07, 6.45) is 0.00901.